The van der Waals surface area contributed by atoms with Crippen LogP contribution in [0.5, 0.6) is 0 Å². The molecule has 118 valence electrons. The summed E-state index contributed by atoms with van der Waals surface area (Å²) in [7, 11) is 0. The number of ether oxygens (including phenoxy) is 1. The number of carbonyl (C=O) groups is 2. The molecule has 0 heterocycles. The maximum Gasteiger partial charge on any atom is 0.317 e. The molecule has 1 aromatic carbocycles. The zero-order chi connectivity index (χ0) is 16.2. The Morgan fingerprint density at radius 2 is 1.91 bits per heavy atom. The molecule has 0 aliphatic heterocycles. The van der Waals surface area contributed by atoms with Gasteiger partial charge < -0.3 is 9.64 Å². The third-order valence-corrected chi connectivity index (χ3v) is 3.99. The largest absolute Gasteiger partial charge is 0.455 e. The van der Waals surface area contributed by atoms with Crippen LogP contribution in [0.25, 0.3) is 0 Å². The van der Waals surface area contributed by atoms with E-state index in [4.69, 9.17) is 4.74 Å². The molecule has 1 saturated carbocycles. The van der Waals surface area contributed by atoms with Crippen molar-refractivity contribution >= 4 is 11.9 Å². The van der Waals surface area contributed by atoms with Gasteiger partial charge in [-0.2, -0.15) is 0 Å². The minimum atomic E-state index is -0.535. The van der Waals surface area contributed by atoms with Crippen molar-refractivity contribution in [2.45, 2.75) is 32.1 Å². The first kappa shape index (κ1) is 16.3. The second-order valence-electron chi connectivity index (χ2n) is 5.89. The highest BCUT2D eigenvalue weighted by Gasteiger charge is 2.52. The first-order valence-corrected chi connectivity index (χ1v) is 7.64. The average molecular weight is 301 g/mol. The van der Waals surface area contributed by atoms with E-state index in [2.05, 4.69) is 6.58 Å². The molecule has 0 unspecified atom stereocenters. The molecule has 1 amide bonds. The molecule has 0 radical (unpaired) electrons. The highest BCUT2D eigenvalue weighted by Crippen LogP contribution is 2.49. The summed E-state index contributed by atoms with van der Waals surface area (Å²) in [6.07, 6.45) is 1.57. The number of esters is 1. The maximum atomic E-state index is 12.4. The summed E-state index contributed by atoms with van der Waals surface area (Å²) in [5.74, 6) is -0.471. The van der Waals surface area contributed by atoms with Crippen molar-refractivity contribution in [3.05, 3.63) is 48.0 Å². The Morgan fingerprint density at radius 1 is 1.27 bits per heavy atom. The molecule has 0 bridgehead atoms. The molecule has 4 nitrogen and oxygen atoms in total. The van der Waals surface area contributed by atoms with Gasteiger partial charge in [-0.25, -0.2) is 0 Å². The van der Waals surface area contributed by atoms with Crippen molar-refractivity contribution in [1.29, 1.82) is 0 Å². The molecule has 1 fully saturated rings. The monoisotopic (exact) mass is 301 g/mol. The third kappa shape index (κ3) is 3.56. The van der Waals surface area contributed by atoms with Crippen molar-refractivity contribution in [3.63, 3.8) is 0 Å². The van der Waals surface area contributed by atoms with E-state index in [1.54, 1.807) is 4.90 Å². The smallest absolute Gasteiger partial charge is 0.317 e. The van der Waals surface area contributed by atoms with Crippen LogP contribution in [-0.4, -0.2) is 36.5 Å². The minimum Gasteiger partial charge on any atom is -0.455 e. The van der Waals surface area contributed by atoms with Crippen LogP contribution in [0.4, 0.5) is 0 Å². The lowest BCUT2D eigenvalue weighted by Gasteiger charge is -2.21. The highest BCUT2D eigenvalue weighted by atomic mass is 16.5. The second-order valence-corrected chi connectivity index (χ2v) is 5.89. The molecule has 1 aliphatic carbocycles. The van der Waals surface area contributed by atoms with E-state index in [0.717, 1.165) is 24.0 Å². The average Bonchev–Trinajstić information content (AvgIpc) is 3.32. The van der Waals surface area contributed by atoms with E-state index in [1.165, 1.54) is 0 Å². The highest BCUT2D eigenvalue weighted by molar-refractivity contribution is 5.89. The van der Waals surface area contributed by atoms with Gasteiger partial charge in [-0.3, -0.25) is 9.59 Å². The first-order chi connectivity index (χ1) is 10.5. The molecule has 0 N–H and O–H groups in total. The SMILES string of the molecule is C=C(C)CN(CC)C(=O)COC(=O)C1(c2ccccc2)CC1. The number of hydrogen-bond donors (Lipinski definition) is 0. The quantitative estimate of drug-likeness (QED) is 0.574. The van der Waals surface area contributed by atoms with Gasteiger partial charge in [-0.15, -0.1) is 0 Å². The summed E-state index contributed by atoms with van der Waals surface area (Å²) in [5.41, 5.74) is 1.35. The maximum absolute atomic E-state index is 12.4. The van der Waals surface area contributed by atoms with Gasteiger partial charge in [-0.05, 0) is 32.3 Å². The van der Waals surface area contributed by atoms with Crippen LogP contribution >= 0.6 is 0 Å². The first-order valence-electron chi connectivity index (χ1n) is 7.64. The number of carbonyl (C=O) groups excluding carboxylic acids is 2. The van der Waals surface area contributed by atoms with Crippen LogP contribution in [0, 0.1) is 0 Å². The predicted molar refractivity (Wildman–Crippen MR) is 85.4 cm³/mol. The van der Waals surface area contributed by atoms with E-state index in [1.807, 2.05) is 44.2 Å². The fraction of sp³-hybridized carbons (Fsp3) is 0.444. The van der Waals surface area contributed by atoms with Crippen molar-refractivity contribution < 1.29 is 14.3 Å². The van der Waals surface area contributed by atoms with Gasteiger partial charge in [-0.1, -0.05) is 42.5 Å². The lowest BCUT2D eigenvalue weighted by atomic mass is 9.96. The van der Waals surface area contributed by atoms with Crippen LogP contribution in [0.1, 0.15) is 32.3 Å². The van der Waals surface area contributed by atoms with Crippen LogP contribution in [0.2, 0.25) is 0 Å². The zero-order valence-corrected chi connectivity index (χ0v) is 13.3. The zero-order valence-electron chi connectivity index (χ0n) is 13.3. The summed E-state index contributed by atoms with van der Waals surface area (Å²) in [5, 5.41) is 0. The Balaban J connectivity index is 1.93. The number of benzene rings is 1. The van der Waals surface area contributed by atoms with Gasteiger partial charge in [0.1, 0.15) is 0 Å². The van der Waals surface area contributed by atoms with Gasteiger partial charge >= 0.3 is 5.97 Å². The molecule has 2 rings (SSSR count). The number of amides is 1. The van der Waals surface area contributed by atoms with E-state index in [0.29, 0.717) is 13.1 Å². The topological polar surface area (TPSA) is 46.6 Å². The summed E-state index contributed by atoms with van der Waals surface area (Å²) in [4.78, 5) is 26.1. The number of rotatable bonds is 7. The predicted octanol–water partition coefficient (Wildman–Crippen LogP) is 2.69. The van der Waals surface area contributed by atoms with Gasteiger partial charge in [0, 0.05) is 13.1 Å². The molecule has 1 aromatic rings. The number of likely N-dealkylation sites (N-methyl/N-ethyl adjacent to an activating group) is 1. The fourth-order valence-electron chi connectivity index (χ4n) is 2.55. The molecule has 4 heteroatoms. The Hall–Kier alpha value is -2.10. The van der Waals surface area contributed by atoms with Gasteiger partial charge in [0.2, 0.25) is 0 Å². The van der Waals surface area contributed by atoms with Crippen LogP contribution in [-0.2, 0) is 19.7 Å². The lowest BCUT2D eigenvalue weighted by molar-refractivity contribution is -0.154. The molecule has 0 aromatic heterocycles. The second kappa shape index (κ2) is 6.77. The Kier molecular flexibility index (Phi) is 5.01. The number of hydrogen-bond acceptors (Lipinski definition) is 3. The van der Waals surface area contributed by atoms with Crippen LogP contribution in [0.15, 0.2) is 42.5 Å². The summed E-state index contributed by atoms with van der Waals surface area (Å²) < 4.78 is 5.29. The molecule has 1 aliphatic rings. The molecule has 0 spiro atoms. The Labute approximate surface area is 131 Å². The summed E-state index contributed by atoms with van der Waals surface area (Å²) >= 11 is 0. The molecule has 0 atom stereocenters. The van der Waals surface area contributed by atoms with Crippen LogP contribution in [0.3, 0.4) is 0 Å². The Bertz CT molecular complexity index is 561. The molecule has 0 saturated heterocycles. The van der Waals surface area contributed by atoms with E-state index in [-0.39, 0.29) is 18.5 Å². The van der Waals surface area contributed by atoms with Gasteiger partial charge in [0.15, 0.2) is 6.61 Å². The van der Waals surface area contributed by atoms with E-state index in [9.17, 15) is 9.59 Å². The lowest BCUT2D eigenvalue weighted by Crippen LogP contribution is -2.37. The standard InChI is InChI=1S/C18H23NO3/c1-4-19(12-14(2)3)16(20)13-22-17(21)18(10-11-18)15-8-6-5-7-9-15/h5-9H,2,4,10-13H2,1,3H3. The van der Waals surface area contributed by atoms with E-state index >= 15 is 0 Å². The van der Waals surface area contributed by atoms with Crippen molar-refractivity contribution in [2.75, 3.05) is 19.7 Å². The van der Waals surface area contributed by atoms with E-state index < -0.39 is 5.41 Å². The molecular formula is C18H23NO3. The molecule has 22 heavy (non-hydrogen) atoms. The van der Waals surface area contributed by atoms with Crippen LogP contribution < -0.4 is 0 Å². The molecular weight excluding hydrogens is 278 g/mol. The van der Waals surface area contributed by atoms with Crippen molar-refractivity contribution in [1.82, 2.24) is 4.90 Å². The van der Waals surface area contributed by atoms with Crippen molar-refractivity contribution in [2.24, 2.45) is 0 Å². The summed E-state index contributed by atoms with van der Waals surface area (Å²) in [6.45, 7) is 8.45. The van der Waals surface area contributed by atoms with Gasteiger partial charge in [0.25, 0.3) is 5.91 Å². The fourth-order valence-corrected chi connectivity index (χ4v) is 2.55. The Morgan fingerprint density at radius 3 is 2.41 bits per heavy atom. The minimum absolute atomic E-state index is 0.178. The third-order valence-electron chi connectivity index (χ3n) is 3.99. The normalized spacial score (nSPS) is 15.0. The summed E-state index contributed by atoms with van der Waals surface area (Å²) in [6, 6.07) is 9.63. The number of nitrogens with zero attached hydrogens (tertiary/aromatic N) is 1. The van der Waals surface area contributed by atoms with Crippen molar-refractivity contribution in [3.8, 4) is 0 Å². The van der Waals surface area contributed by atoms with Gasteiger partial charge in [0.05, 0.1) is 5.41 Å².